The van der Waals surface area contributed by atoms with E-state index in [0.717, 1.165) is 6.07 Å². The molecule has 0 saturated carbocycles. The molecule has 3 aromatic rings. The van der Waals surface area contributed by atoms with Gasteiger partial charge in [-0.1, -0.05) is 11.6 Å². The van der Waals surface area contributed by atoms with Crippen LogP contribution in [0.15, 0.2) is 60.8 Å². The number of pyridine rings is 1. The van der Waals surface area contributed by atoms with E-state index in [1.807, 2.05) is 6.07 Å². The van der Waals surface area contributed by atoms with Crippen LogP contribution in [0.2, 0.25) is 5.02 Å². The lowest BCUT2D eigenvalue weighted by atomic mass is 10.2. The standard InChI is InChI=1S/C20H12ClFN4O2/c21-16-10-15(5-6-17(16)22)26-19(27)13-7-8-24-18(9-13)20(28)25-14-3-1-12(11-23)2-4-14/h1-10H,(H,25,28)(H,26,27). The molecule has 28 heavy (non-hydrogen) atoms. The number of nitriles is 1. The summed E-state index contributed by atoms with van der Waals surface area (Å²) in [6.45, 7) is 0. The monoisotopic (exact) mass is 394 g/mol. The average Bonchev–Trinajstić information content (AvgIpc) is 2.71. The van der Waals surface area contributed by atoms with Crippen LogP contribution in [0.25, 0.3) is 0 Å². The maximum atomic E-state index is 13.2. The Bertz CT molecular complexity index is 1090. The molecule has 0 saturated heterocycles. The maximum Gasteiger partial charge on any atom is 0.274 e. The highest BCUT2D eigenvalue weighted by Crippen LogP contribution is 2.20. The fourth-order valence-corrected chi connectivity index (χ4v) is 2.48. The lowest BCUT2D eigenvalue weighted by Gasteiger charge is -2.08. The lowest BCUT2D eigenvalue weighted by Crippen LogP contribution is -2.17. The maximum absolute atomic E-state index is 13.2. The third kappa shape index (κ3) is 4.50. The predicted octanol–water partition coefficient (Wildman–Crippen LogP) is 4.25. The van der Waals surface area contributed by atoms with Crippen molar-refractivity contribution in [2.24, 2.45) is 0 Å². The van der Waals surface area contributed by atoms with Gasteiger partial charge < -0.3 is 10.6 Å². The molecule has 0 fully saturated rings. The Balaban J connectivity index is 1.73. The summed E-state index contributed by atoms with van der Waals surface area (Å²) in [5, 5.41) is 13.9. The van der Waals surface area contributed by atoms with Crippen molar-refractivity contribution in [3.05, 3.63) is 88.5 Å². The number of anilines is 2. The Labute approximate surface area is 164 Å². The molecule has 0 spiro atoms. The van der Waals surface area contributed by atoms with Gasteiger partial charge in [0.2, 0.25) is 0 Å². The normalized spacial score (nSPS) is 10.0. The third-order valence-corrected chi connectivity index (χ3v) is 3.99. The van der Waals surface area contributed by atoms with E-state index in [9.17, 15) is 14.0 Å². The van der Waals surface area contributed by atoms with Crippen LogP contribution in [-0.2, 0) is 0 Å². The zero-order chi connectivity index (χ0) is 20.1. The molecule has 0 atom stereocenters. The molecule has 0 aliphatic carbocycles. The molecule has 2 N–H and O–H groups in total. The van der Waals surface area contributed by atoms with E-state index in [-0.39, 0.29) is 16.3 Å². The van der Waals surface area contributed by atoms with E-state index in [2.05, 4.69) is 15.6 Å². The van der Waals surface area contributed by atoms with Gasteiger partial charge in [-0.25, -0.2) is 4.39 Å². The Morgan fingerprint density at radius 2 is 1.64 bits per heavy atom. The van der Waals surface area contributed by atoms with E-state index in [1.165, 1.54) is 30.5 Å². The van der Waals surface area contributed by atoms with Crippen LogP contribution >= 0.6 is 11.6 Å². The van der Waals surface area contributed by atoms with Crippen LogP contribution in [0, 0.1) is 17.1 Å². The van der Waals surface area contributed by atoms with Gasteiger partial charge in [0.1, 0.15) is 11.5 Å². The number of rotatable bonds is 4. The van der Waals surface area contributed by atoms with E-state index in [1.54, 1.807) is 24.3 Å². The Morgan fingerprint density at radius 1 is 0.964 bits per heavy atom. The number of nitrogens with zero attached hydrogens (tertiary/aromatic N) is 2. The highest BCUT2D eigenvalue weighted by molar-refractivity contribution is 6.31. The molecular weight excluding hydrogens is 383 g/mol. The minimum absolute atomic E-state index is 0.0362. The molecule has 0 aliphatic heterocycles. The summed E-state index contributed by atoms with van der Waals surface area (Å²) < 4.78 is 13.2. The number of carbonyl (C=O) groups is 2. The highest BCUT2D eigenvalue weighted by atomic mass is 35.5. The fraction of sp³-hybridized carbons (Fsp3) is 0. The first-order valence-corrected chi connectivity index (χ1v) is 8.38. The molecule has 2 amide bonds. The van der Waals surface area contributed by atoms with Gasteiger partial charge in [-0.05, 0) is 54.6 Å². The van der Waals surface area contributed by atoms with Gasteiger partial charge in [0.15, 0.2) is 0 Å². The number of carbonyl (C=O) groups excluding carboxylic acids is 2. The van der Waals surface area contributed by atoms with Crippen molar-refractivity contribution >= 4 is 34.8 Å². The highest BCUT2D eigenvalue weighted by Gasteiger charge is 2.13. The van der Waals surface area contributed by atoms with Crippen LogP contribution in [-0.4, -0.2) is 16.8 Å². The first-order valence-electron chi connectivity index (χ1n) is 8.00. The molecule has 0 bridgehead atoms. The van der Waals surface area contributed by atoms with Crippen LogP contribution in [0.3, 0.4) is 0 Å². The largest absolute Gasteiger partial charge is 0.322 e. The number of amides is 2. The zero-order valence-electron chi connectivity index (χ0n) is 14.2. The molecule has 6 nitrogen and oxygen atoms in total. The van der Waals surface area contributed by atoms with Gasteiger partial charge in [0.25, 0.3) is 11.8 Å². The summed E-state index contributed by atoms with van der Waals surface area (Å²) in [7, 11) is 0. The van der Waals surface area contributed by atoms with E-state index < -0.39 is 17.6 Å². The summed E-state index contributed by atoms with van der Waals surface area (Å²) in [6.07, 6.45) is 1.33. The summed E-state index contributed by atoms with van der Waals surface area (Å²) in [5.74, 6) is -1.60. The minimum atomic E-state index is -0.592. The van der Waals surface area contributed by atoms with Crippen molar-refractivity contribution in [3.63, 3.8) is 0 Å². The van der Waals surface area contributed by atoms with E-state index in [0.29, 0.717) is 16.9 Å². The van der Waals surface area contributed by atoms with Crippen LogP contribution < -0.4 is 10.6 Å². The van der Waals surface area contributed by atoms with Crippen LogP contribution in [0.5, 0.6) is 0 Å². The predicted molar refractivity (Wildman–Crippen MR) is 103 cm³/mol. The molecule has 1 aromatic heterocycles. The van der Waals surface area contributed by atoms with E-state index in [4.69, 9.17) is 16.9 Å². The Morgan fingerprint density at radius 3 is 2.32 bits per heavy atom. The number of benzene rings is 2. The van der Waals surface area contributed by atoms with Crippen molar-refractivity contribution in [2.45, 2.75) is 0 Å². The number of halogens is 2. The van der Waals surface area contributed by atoms with Gasteiger partial charge in [-0.3, -0.25) is 14.6 Å². The summed E-state index contributed by atoms with van der Waals surface area (Å²) in [5.41, 5.74) is 1.50. The van der Waals surface area contributed by atoms with Crippen molar-refractivity contribution in [1.29, 1.82) is 5.26 Å². The summed E-state index contributed by atoms with van der Waals surface area (Å²) in [6, 6.07) is 14.9. The Hall–Kier alpha value is -3.76. The summed E-state index contributed by atoms with van der Waals surface area (Å²) >= 11 is 5.70. The molecule has 1 heterocycles. The molecule has 3 rings (SSSR count). The second kappa shape index (κ2) is 8.29. The number of nitrogens with one attached hydrogen (secondary N) is 2. The Kier molecular flexibility index (Phi) is 5.63. The smallest absolute Gasteiger partial charge is 0.274 e. The van der Waals surface area contributed by atoms with Gasteiger partial charge in [-0.15, -0.1) is 0 Å². The van der Waals surface area contributed by atoms with Gasteiger partial charge in [0, 0.05) is 23.1 Å². The fourth-order valence-electron chi connectivity index (χ4n) is 2.30. The van der Waals surface area contributed by atoms with Gasteiger partial charge in [0.05, 0.1) is 16.7 Å². The van der Waals surface area contributed by atoms with Crippen molar-refractivity contribution in [3.8, 4) is 6.07 Å². The first kappa shape index (κ1) is 19.0. The van der Waals surface area contributed by atoms with Gasteiger partial charge >= 0.3 is 0 Å². The molecular formula is C20H12ClFN4O2. The zero-order valence-corrected chi connectivity index (χ0v) is 15.0. The van der Waals surface area contributed by atoms with Gasteiger partial charge in [-0.2, -0.15) is 5.26 Å². The molecule has 0 unspecified atom stereocenters. The number of hydrogen-bond acceptors (Lipinski definition) is 4. The van der Waals surface area contributed by atoms with Crippen LogP contribution in [0.1, 0.15) is 26.4 Å². The molecule has 0 radical (unpaired) electrons. The number of aromatic nitrogens is 1. The minimum Gasteiger partial charge on any atom is -0.322 e. The molecule has 138 valence electrons. The quantitative estimate of drug-likeness (QED) is 0.691. The average molecular weight is 395 g/mol. The van der Waals surface area contributed by atoms with E-state index >= 15 is 0 Å². The SMILES string of the molecule is N#Cc1ccc(NC(=O)c2cc(C(=O)Nc3ccc(F)c(Cl)c3)ccn2)cc1. The number of hydrogen-bond donors (Lipinski definition) is 2. The first-order chi connectivity index (χ1) is 13.5. The second-order valence-corrected chi connectivity index (χ2v) is 6.06. The topological polar surface area (TPSA) is 94.9 Å². The van der Waals surface area contributed by atoms with Crippen LogP contribution in [0.4, 0.5) is 15.8 Å². The third-order valence-electron chi connectivity index (χ3n) is 3.70. The summed E-state index contributed by atoms with van der Waals surface area (Å²) in [4.78, 5) is 28.7. The second-order valence-electron chi connectivity index (χ2n) is 5.66. The van der Waals surface area contributed by atoms with Crippen molar-refractivity contribution in [2.75, 3.05) is 10.6 Å². The van der Waals surface area contributed by atoms with Crippen molar-refractivity contribution < 1.29 is 14.0 Å². The molecule has 2 aromatic carbocycles. The molecule has 0 aliphatic rings. The molecule has 8 heteroatoms. The lowest BCUT2D eigenvalue weighted by molar-refractivity contribution is 0.102. The van der Waals surface area contributed by atoms with Crippen molar-refractivity contribution in [1.82, 2.24) is 4.98 Å².